The quantitative estimate of drug-likeness (QED) is 0.649. The Morgan fingerprint density at radius 3 is 1.82 bits per heavy atom. The molecule has 0 nitrogen and oxygen atoms in total. The molecule has 0 N–H and O–H groups in total. The first-order valence-corrected chi connectivity index (χ1v) is 7.65. The average molecular weight is 297 g/mol. The SMILES string of the molecule is Cc1cc(C)c(C)c(C(CCBr)C(C)C)c1C. The molecule has 0 bridgehead atoms. The maximum atomic E-state index is 3.60. The van der Waals surface area contributed by atoms with Crippen molar-refractivity contribution in [1.29, 1.82) is 0 Å². The van der Waals surface area contributed by atoms with Gasteiger partial charge in [-0.25, -0.2) is 0 Å². The minimum atomic E-state index is 0.674. The Bertz CT molecular complexity index is 365. The zero-order valence-electron chi connectivity index (χ0n) is 12.0. The molecule has 1 aromatic carbocycles. The van der Waals surface area contributed by atoms with Crippen LogP contribution in [0, 0.1) is 33.6 Å². The highest BCUT2D eigenvalue weighted by molar-refractivity contribution is 9.09. The lowest BCUT2D eigenvalue weighted by Gasteiger charge is -2.26. The minimum Gasteiger partial charge on any atom is -0.0928 e. The predicted octanol–water partition coefficient (Wildman–Crippen LogP) is 5.44. The van der Waals surface area contributed by atoms with E-state index in [4.69, 9.17) is 0 Å². The van der Waals surface area contributed by atoms with Gasteiger partial charge in [0.05, 0.1) is 0 Å². The van der Waals surface area contributed by atoms with E-state index in [1.165, 1.54) is 28.7 Å². The van der Waals surface area contributed by atoms with Crippen molar-refractivity contribution in [2.24, 2.45) is 5.92 Å². The van der Waals surface area contributed by atoms with Gasteiger partial charge in [0, 0.05) is 5.33 Å². The van der Waals surface area contributed by atoms with E-state index >= 15 is 0 Å². The molecule has 0 aliphatic rings. The molecular formula is C16H25Br. The Kier molecular flexibility index (Phi) is 5.24. The Morgan fingerprint density at radius 2 is 1.47 bits per heavy atom. The molecule has 1 unspecified atom stereocenters. The average Bonchev–Trinajstić information content (AvgIpc) is 2.25. The van der Waals surface area contributed by atoms with Crippen molar-refractivity contribution in [2.45, 2.75) is 53.9 Å². The van der Waals surface area contributed by atoms with E-state index in [2.05, 4.69) is 63.5 Å². The summed E-state index contributed by atoms with van der Waals surface area (Å²) in [7, 11) is 0. The maximum absolute atomic E-state index is 3.60. The highest BCUT2D eigenvalue weighted by atomic mass is 79.9. The van der Waals surface area contributed by atoms with Gasteiger partial charge in [0.2, 0.25) is 0 Å². The molecule has 0 spiro atoms. The molecule has 0 saturated carbocycles. The summed E-state index contributed by atoms with van der Waals surface area (Å²) in [6.45, 7) is 13.7. The topological polar surface area (TPSA) is 0 Å². The van der Waals surface area contributed by atoms with Gasteiger partial charge < -0.3 is 0 Å². The van der Waals surface area contributed by atoms with E-state index < -0.39 is 0 Å². The van der Waals surface area contributed by atoms with Gasteiger partial charge in [0.15, 0.2) is 0 Å². The van der Waals surface area contributed by atoms with Crippen LogP contribution < -0.4 is 0 Å². The number of halogens is 1. The Labute approximate surface area is 115 Å². The van der Waals surface area contributed by atoms with E-state index in [-0.39, 0.29) is 0 Å². The molecule has 0 heterocycles. The summed E-state index contributed by atoms with van der Waals surface area (Å²) in [5.41, 5.74) is 7.45. The van der Waals surface area contributed by atoms with Crippen molar-refractivity contribution in [3.63, 3.8) is 0 Å². The number of benzene rings is 1. The second-order valence-electron chi connectivity index (χ2n) is 5.50. The van der Waals surface area contributed by atoms with Gasteiger partial charge in [-0.15, -0.1) is 0 Å². The van der Waals surface area contributed by atoms with Crippen molar-refractivity contribution in [3.05, 3.63) is 33.9 Å². The van der Waals surface area contributed by atoms with E-state index in [1.54, 1.807) is 5.56 Å². The van der Waals surface area contributed by atoms with Crippen LogP contribution in [0.2, 0.25) is 0 Å². The highest BCUT2D eigenvalue weighted by Crippen LogP contribution is 2.35. The van der Waals surface area contributed by atoms with Gasteiger partial charge in [0.1, 0.15) is 0 Å². The van der Waals surface area contributed by atoms with Gasteiger partial charge in [-0.3, -0.25) is 0 Å². The molecule has 1 heteroatoms. The lowest BCUT2D eigenvalue weighted by Crippen LogP contribution is -2.12. The number of hydrogen-bond donors (Lipinski definition) is 0. The van der Waals surface area contributed by atoms with Gasteiger partial charge in [-0.05, 0) is 73.8 Å². The van der Waals surface area contributed by atoms with Crippen LogP contribution in [0.1, 0.15) is 54.0 Å². The molecule has 0 aliphatic carbocycles. The first kappa shape index (κ1) is 14.8. The second-order valence-corrected chi connectivity index (χ2v) is 6.30. The summed E-state index contributed by atoms with van der Waals surface area (Å²) < 4.78 is 0. The molecule has 1 atom stereocenters. The molecular weight excluding hydrogens is 272 g/mol. The standard InChI is InChI=1S/C16H25Br/c1-10(2)15(7-8-17)16-13(5)11(3)9-12(4)14(16)6/h9-10,15H,7-8H2,1-6H3. The molecule has 0 amide bonds. The van der Waals surface area contributed by atoms with Crippen LogP contribution in [0.3, 0.4) is 0 Å². The number of hydrogen-bond acceptors (Lipinski definition) is 0. The fourth-order valence-electron chi connectivity index (χ4n) is 2.73. The monoisotopic (exact) mass is 296 g/mol. The smallest absolute Gasteiger partial charge is 0.00372 e. The molecule has 0 fully saturated rings. The number of aryl methyl sites for hydroxylation is 2. The third-order valence-electron chi connectivity index (χ3n) is 4.02. The zero-order valence-corrected chi connectivity index (χ0v) is 13.6. The first-order chi connectivity index (χ1) is 7.90. The number of alkyl halides is 1. The van der Waals surface area contributed by atoms with Crippen LogP contribution in [0.5, 0.6) is 0 Å². The van der Waals surface area contributed by atoms with Crippen molar-refractivity contribution in [3.8, 4) is 0 Å². The summed E-state index contributed by atoms with van der Waals surface area (Å²) >= 11 is 3.60. The molecule has 0 aromatic heterocycles. The summed E-state index contributed by atoms with van der Waals surface area (Å²) in [4.78, 5) is 0. The van der Waals surface area contributed by atoms with Crippen LogP contribution >= 0.6 is 15.9 Å². The minimum absolute atomic E-state index is 0.674. The van der Waals surface area contributed by atoms with Crippen LogP contribution in [0.4, 0.5) is 0 Å². The van der Waals surface area contributed by atoms with E-state index in [0.29, 0.717) is 11.8 Å². The third-order valence-corrected chi connectivity index (χ3v) is 4.48. The second kappa shape index (κ2) is 6.04. The van der Waals surface area contributed by atoms with Crippen molar-refractivity contribution in [2.75, 3.05) is 5.33 Å². The van der Waals surface area contributed by atoms with Crippen molar-refractivity contribution >= 4 is 15.9 Å². The van der Waals surface area contributed by atoms with Crippen molar-refractivity contribution in [1.82, 2.24) is 0 Å². The van der Waals surface area contributed by atoms with Crippen LogP contribution in [0.25, 0.3) is 0 Å². The Hall–Kier alpha value is -0.300. The summed E-state index contributed by atoms with van der Waals surface area (Å²) in [6, 6.07) is 2.32. The molecule has 1 aromatic rings. The summed E-state index contributed by atoms with van der Waals surface area (Å²) in [6.07, 6.45) is 1.22. The van der Waals surface area contributed by atoms with E-state index in [9.17, 15) is 0 Å². The fourth-order valence-corrected chi connectivity index (χ4v) is 3.23. The van der Waals surface area contributed by atoms with Gasteiger partial charge in [0.25, 0.3) is 0 Å². The maximum Gasteiger partial charge on any atom is 0.00372 e. The summed E-state index contributed by atoms with van der Waals surface area (Å²) in [5.74, 6) is 1.37. The Morgan fingerprint density at radius 1 is 1.00 bits per heavy atom. The highest BCUT2D eigenvalue weighted by Gasteiger charge is 2.20. The van der Waals surface area contributed by atoms with Gasteiger partial charge >= 0.3 is 0 Å². The van der Waals surface area contributed by atoms with Crippen LogP contribution in [-0.4, -0.2) is 5.33 Å². The Balaban J connectivity index is 3.36. The molecule has 0 saturated heterocycles. The normalized spacial score (nSPS) is 13.2. The molecule has 0 aliphatic heterocycles. The van der Waals surface area contributed by atoms with E-state index in [1.807, 2.05) is 0 Å². The van der Waals surface area contributed by atoms with Gasteiger partial charge in [-0.2, -0.15) is 0 Å². The molecule has 17 heavy (non-hydrogen) atoms. The molecule has 0 radical (unpaired) electrons. The molecule has 96 valence electrons. The van der Waals surface area contributed by atoms with Crippen LogP contribution in [0.15, 0.2) is 6.07 Å². The number of rotatable bonds is 4. The molecule has 1 rings (SSSR count). The summed E-state index contributed by atoms with van der Waals surface area (Å²) in [5, 5.41) is 1.09. The lowest BCUT2D eigenvalue weighted by molar-refractivity contribution is 0.484. The third kappa shape index (κ3) is 3.13. The predicted molar refractivity (Wildman–Crippen MR) is 81.4 cm³/mol. The zero-order chi connectivity index (χ0) is 13.2. The van der Waals surface area contributed by atoms with Crippen LogP contribution in [-0.2, 0) is 0 Å². The van der Waals surface area contributed by atoms with E-state index in [0.717, 1.165) is 5.33 Å². The lowest BCUT2D eigenvalue weighted by atomic mass is 9.79. The largest absolute Gasteiger partial charge is 0.0928 e. The fraction of sp³-hybridized carbons (Fsp3) is 0.625. The van der Waals surface area contributed by atoms with Gasteiger partial charge in [-0.1, -0.05) is 35.8 Å². The van der Waals surface area contributed by atoms with Crippen molar-refractivity contribution < 1.29 is 0 Å². The first-order valence-electron chi connectivity index (χ1n) is 6.53.